The van der Waals surface area contributed by atoms with Crippen molar-refractivity contribution in [3.8, 4) is 0 Å². The standard InChI is InChI=1S/C15H20O/c1-11(2)13-7-9-15(3)8-6-12(10-16)4-5-14(13)15/h6,10H,1,4-5,7-9H2,2-3H3. The van der Waals surface area contributed by atoms with Gasteiger partial charge in [-0.2, -0.15) is 0 Å². The van der Waals surface area contributed by atoms with Gasteiger partial charge in [-0.05, 0) is 55.6 Å². The largest absolute Gasteiger partial charge is 0.298 e. The summed E-state index contributed by atoms with van der Waals surface area (Å²) in [4.78, 5) is 10.9. The molecule has 0 aromatic rings. The van der Waals surface area contributed by atoms with Gasteiger partial charge in [0, 0.05) is 0 Å². The highest BCUT2D eigenvalue weighted by Gasteiger charge is 2.36. The summed E-state index contributed by atoms with van der Waals surface area (Å²) < 4.78 is 0. The molecule has 0 radical (unpaired) electrons. The first-order chi connectivity index (χ1) is 7.57. The lowest BCUT2D eigenvalue weighted by Gasteiger charge is -2.25. The van der Waals surface area contributed by atoms with E-state index in [1.807, 2.05) is 0 Å². The summed E-state index contributed by atoms with van der Waals surface area (Å²) in [6.07, 6.45) is 8.52. The van der Waals surface area contributed by atoms with Crippen molar-refractivity contribution in [2.75, 3.05) is 0 Å². The fraction of sp³-hybridized carbons (Fsp3) is 0.533. The third-order valence-corrected chi connectivity index (χ3v) is 4.16. The lowest BCUT2D eigenvalue weighted by atomic mass is 9.79. The Morgan fingerprint density at radius 2 is 2.19 bits per heavy atom. The van der Waals surface area contributed by atoms with E-state index >= 15 is 0 Å². The Morgan fingerprint density at radius 1 is 1.44 bits per heavy atom. The Morgan fingerprint density at radius 3 is 2.81 bits per heavy atom. The monoisotopic (exact) mass is 216 g/mol. The van der Waals surface area contributed by atoms with E-state index in [4.69, 9.17) is 0 Å². The second-order valence-electron chi connectivity index (χ2n) is 5.40. The fourth-order valence-electron chi connectivity index (χ4n) is 3.05. The first kappa shape index (κ1) is 11.4. The van der Waals surface area contributed by atoms with Crippen LogP contribution in [0.3, 0.4) is 0 Å². The molecule has 86 valence electrons. The van der Waals surface area contributed by atoms with Gasteiger partial charge in [-0.25, -0.2) is 0 Å². The molecule has 1 unspecified atom stereocenters. The third-order valence-electron chi connectivity index (χ3n) is 4.16. The molecule has 2 aliphatic carbocycles. The number of aldehydes is 1. The molecule has 2 rings (SSSR count). The average molecular weight is 216 g/mol. The number of allylic oxidation sites excluding steroid dienone is 5. The van der Waals surface area contributed by atoms with E-state index in [9.17, 15) is 4.79 Å². The molecule has 16 heavy (non-hydrogen) atoms. The van der Waals surface area contributed by atoms with Crippen molar-refractivity contribution in [2.45, 2.75) is 46.0 Å². The summed E-state index contributed by atoms with van der Waals surface area (Å²) in [7, 11) is 0. The SMILES string of the molecule is C=C(C)C1=C2CCC(C=O)=CCC2(C)CC1. The number of rotatable bonds is 2. The molecule has 0 bridgehead atoms. The maximum Gasteiger partial charge on any atom is 0.145 e. The molecule has 1 atom stereocenters. The Kier molecular flexibility index (Phi) is 2.88. The van der Waals surface area contributed by atoms with Crippen LogP contribution in [0.5, 0.6) is 0 Å². The Labute approximate surface area is 97.9 Å². The molecule has 0 saturated carbocycles. The van der Waals surface area contributed by atoms with Gasteiger partial charge in [0.2, 0.25) is 0 Å². The van der Waals surface area contributed by atoms with Gasteiger partial charge in [0.15, 0.2) is 0 Å². The number of hydrogen-bond acceptors (Lipinski definition) is 1. The van der Waals surface area contributed by atoms with E-state index in [1.165, 1.54) is 24.0 Å². The molecule has 0 N–H and O–H groups in total. The summed E-state index contributed by atoms with van der Waals surface area (Å²) in [5, 5.41) is 0. The van der Waals surface area contributed by atoms with Crippen LogP contribution in [0.15, 0.2) is 34.9 Å². The van der Waals surface area contributed by atoms with Crippen LogP contribution in [0.25, 0.3) is 0 Å². The van der Waals surface area contributed by atoms with Crippen LogP contribution in [-0.2, 0) is 4.79 Å². The summed E-state index contributed by atoms with van der Waals surface area (Å²) in [5.41, 5.74) is 5.52. The normalized spacial score (nSPS) is 29.5. The van der Waals surface area contributed by atoms with Crippen molar-refractivity contribution in [3.05, 3.63) is 34.9 Å². The van der Waals surface area contributed by atoms with Gasteiger partial charge in [0.05, 0.1) is 0 Å². The van der Waals surface area contributed by atoms with E-state index in [0.29, 0.717) is 5.41 Å². The van der Waals surface area contributed by atoms with Crippen LogP contribution in [0.2, 0.25) is 0 Å². The summed E-state index contributed by atoms with van der Waals surface area (Å²) in [5.74, 6) is 0. The summed E-state index contributed by atoms with van der Waals surface area (Å²) in [6.45, 7) is 8.52. The highest BCUT2D eigenvalue weighted by atomic mass is 16.1. The minimum absolute atomic E-state index is 0.291. The van der Waals surface area contributed by atoms with E-state index in [-0.39, 0.29) is 0 Å². The van der Waals surface area contributed by atoms with E-state index in [2.05, 4.69) is 26.5 Å². The number of fused-ring (bicyclic) bond motifs is 1. The van der Waals surface area contributed by atoms with Gasteiger partial charge >= 0.3 is 0 Å². The van der Waals surface area contributed by atoms with Crippen molar-refractivity contribution in [3.63, 3.8) is 0 Å². The topological polar surface area (TPSA) is 17.1 Å². The predicted octanol–water partition coefficient (Wildman–Crippen LogP) is 3.97. The molecule has 0 aromatic heterocycles. The fourth-order valence-corrected chi connectivity index (χ4v) is 3.05. The molecule has 0 fully saturated rings. The first-order valence-electron chi connectivity index (χ1n) is 6.09. The molecular formula is C15H20O. The average Bonchev–Trinajstić information content (AvgIpc) is 2.48. The summed E-state index contributed by atoms with van der Waals surface area (Å²) in [6, 6.07) is 0. The lowest BCUT2D eigenvalue weighted by Crippen LogP contribution is -2.13. The highest BCUT2D eigenvalue weighted by molar-refractivity contribution is 5.73. The lowest BCUT2D eigenvalue weighted by molar-refractivity contribution is -0.105. The van der Waals surface area contributed by atoms with Crippen molar-refractivity contribution in [1.29, 1.82) is 0 Å². The van der Waals surface area contributed by atoms with Crippen LogP contribution in [0.1, 0.15) is 46.0 Å². The van der Waals surface area contributed by atoms with Gasteiger partial charge in [-0.3, -0.25) is 4.79 Å². The zero-order valence-electron chi connectivity index (χ0n) is 10.3. The molecule has 0 aromatic carbocycles. The molecular weight excluding hydrogens is 196 g/mol. The zero-order chi connectivity index (χ0) is 11.8. The molecule has 0 aliphatic heterocycles. The van der Waals surface area contributed by atoms with E-state index in [0.717, 1.165) is 31.1 Å². The van der Waals surface area contributed by atoms with Gasteiger partial charge in [0.25, 0.3) is 0 Å². The van der Waals surface area contributed by atoms with Crippen LogP contribution in [-0.4, -0.2) is 6.29 Å². The minimum Gasteiger partial charge on any atom is -0.298 e. The van der Waals surface area contributed by atoms with E-state index < -0.39 is 0 Å². The van der Waals surface area contributed by atoms with Crippen LogP contribution in [0.4, 0.5) is 0 Å². The van der Waals surface area contributed by atoms with Crippen molar-refractivity contribution in [2.24, 2.45) is 5.41 Å². The zero-order valence-corrected chi connectivity index (χ0v) is 10.3. The van der Waals surface area contributed by atoms with Gasteiger partial charge < -0.3 is 0 Å². The van der Waals surface area contributed by atoms with Crippen molar-refractivity contribution >= 4 is 6.29 Å². The number of carbonyl (C=O) groups is 1. The smallest absolute Gasteiger partial charge is 0.145 e. The molecule has 2 aliphatic rings. The second-order valence-corrected chi connectivity index (χ2v) is 5.40. The summed E-state index contributed by atoms with van der Waals surface area (Å²) >= 11 is 0. The maximum atomic E-state index is 10.9. The second kappa shape index (κ2) is 4.04. The van der Waals surface area contributed by atoms with Crippen LogP contribution >= 0.6 is 0 Å². The van der Waals surface area contributed by atoms with Crippen molar-refractivity contribution < 1.29 is 4.79 Å². The van der Waals surface area contributed by atoms with Gasteiger partial charge in [-0.1, -0.05) is 30.7 Å². The predicted molar refractivity (Wildman–Crippen MR) is 67.2 cm³/mol. The van der Waals surface area contributed by atoms with E-state index in [1.54, 1.807) is 5.57 Å². The van der Waals surface area contributed by atoms with Gasteiger partial charge in [-0.15, -0.1) is 0 Å². The van der Waals surface area contributed by atoms with Crippen LogP contribution < -0.4 is 0 Å². The van der Waals surface area contributed by atoms with Gasteiger partial charge in [0.1, 0.15) is 6.29 Å². The molecule has 1 heteroatoms. The quantitative estimate of drug-likeness (QED) is 0.638. The maximum absolute atomic E-state index is 10.9. The van der Waals surface area contributed by atoms with Crippen molar-refractivity contribution in [1.82, 2.24) is 0 Å². The number of carbonyl (C=O) groups excluding carboxylic acids is 1. The molecule has 0 saturated heterocycles. The molecule has 0 spiro atoms. The number of hydrogen-bond donors (Lipinski definition) is 0. The molecule has 1 nitrogen and oxygen atoms in total. The highest BCUT2D eigenvalue weighted by Crippen LogP contribution is 2.50. The molecule has 0 amide bonds. The Hall–Kier alpha value is -1.11. The molecule has 0 heterocycles. The Balaban J connectivity index is 2.36. The van der Waals surface area contributed by atoms with Crippen LogP contribution in [0, 0.1) is 5.41 Å². The minimum atomic E-state index is 0.291. The first-order valence-corrected chi connectivity index (χ1v) is 6.09. The Bertz CT molecular complexity index is 398. The third kappa shape index (κ3) is 1.79.